The van der Waals surface area contributed by atoms with Crippen molar-refractivity contribution < 1.29 is 27.5 Å². The Bertz CT molecular complexity index is 807. The number of rotatable bonds is 6. The maximum absolute atomic E-state index is 12.6. The quantitative estimate of drug-likeness (QED) is 0.495. The summed E-state index contributed by atoms with van der Waals surface area (Å²) in [4.78, 5) is 24.2. The number of hydrogen-bond acceptors (Lipinski definition) is 3. The molecule has 0 bridgehead atoms. The van der Waals surface area contributed by atoms with Gasteiger partial charge in [-0.25, -0.2) is 4.79 Å². The van der Waals surface area contributed by atoms with Crippen molar-refractivity contribution in [3.63, 3.8) is 0 Å². The average Bonchev–Trinajstić information content (AvgIpc) is 2.60. The first kappa shape index (κ1) is 21.2. The second-order valence-corrected chi connectivity index (χ2v) is 7.09. The molecule has 0 aromatic heterocycles. The number of carbonyl (C=O) groups excluding carboxylic acids is 2. The first-order chi connectivity index (χ1) is 12.7. The zero-order valence-corrected chi connectivity index (χ0v) is 16.5. The van der Waals surface area contributed by atoms with Gasteiger partial charge < -0.3 is 10.1 Å². The Morgan fingerprint density at radius 2 is 1.78 bits per heavy atom. The Kier molecular flexibility index (Phi) is 7.23. The summed E-state index contributed by atoms with van der Waals surface area (Å²) in [6.45, 7) is 0. The normalized spacial score (nSPS) is 12.3. The summed E-state index contributed by atoms with van der Waals surface area (Å²) >= 11 is 2.14. The van der Waals surface area contributed by atoms with Crippen LogP contribution in [0, 0.1) is 3.57 Å². The minimum absolute atomic E-state index is 0.141. The highest BCUT2D eigenvalue weighted by Gasteiger charge is 2.30. The number of halogens is 4. The van der Waals surface area contributed by atoms with Crippen LogP contribution in [0.4, 0.5) is 13.2 Å². The number of amides is 1. The third kappa shape index (κ3) is 6.53. The fourth-order valence-corrected chi connectivity index (χ4v) is 3.09. The van der Waals surface area contributed by atoms with Crippen LogP contribution in [0.1, 0.15) is 16.7 Å². The molecule has 27 heavy (non-hydrogen) atoms. The molecule has 1 N–H and O–H groups in total. The molecule has 0 fully saturated rings. The number of carbonyl (C=O) groups is 2. The molecule has 1 atom stereocenters. The topological polar surface area (TPSA) is 55.4 Å². The molecule has 1 amide bonds. The SMILES string of the molecule is COC(=O)[C@H](Cc1cccc(I)c1)NC(=O)Cc1ccc(C(F)(F)F)cc1. The Morgan fingerprint density at radius 1 is 1.11 bits per heavy atom. The lowest BCUT2D eigenvalue weighted by Crippen LogP contribution is -2.43. The highest BCUT2D eigenvalue weighted by atomic mass is 127. The number of esters is 1. The molecular formula is C19H17F3INO3. The number of benzene rings is 2. The van der Waals surface area contributed by atoms with Gasteiger partial charge in [0.2, 0.25) is 5.91 Å². The second-order valence-electron chi connectivity index (χ2n) is 5.85. The molecule has 0 aliphatic rings. The third-order valence-corrected chi connectivity index (χ3v) is 4.47. The van der Waals surface area contributed by atoms with Crippen LogP contribution in [-0.2, 0) is 33.3 Å². The Labute approximate surface area is 168 Å². The molecule has 0 spiro atoms. The van der Waals surface area contributed by atoms with Crippen LogP contribution < -0.4 is 5.32 Å². The van der Waals surface area contributed by atoms with E-state index in [0.717, 1.165) is 21.3 Å². The van der Waals surface area contributed by atoms with Crippen LogP contribution >= 0.6 is 22.6 Å². The lowest BCUT2D eigenvalue weighted by atomic mass is 10.0. The van der Waals surface area contributed by atoms with Gasteiger partial charge in [-0.1, -0.05) is 24.3 Å². The van der Waals surface area contributed by atoms with Crippen LogP contribution in [0.15, 0.2) is 48.5 Å². The minimum atomic E-state index is -4.43. The van der Waals surface area contributed by atoms with Crippen molar-refractivity contribution >= 4 is 34.5 Å². The van der Waals surface area contributed by atoms with Gasteiger partial charge in [-0.05, 0) is 58.0 Å². The summed E-state index contributed by atoms with van der Waals surface area (Å²) in [7, 11) is 1.23. The predicted octanol–water partition coefficient (Wildman–Crippen LogP) is 3.75. The van der Waals surface area contributed by atoms with Crippen LogP contribution in [0.2, 0.25) is 0 Å². The van der Waals surface area contributed by atoms with E-state index in [-0.39, 0.29) is 12.8 Å². The van der Waals surface area contributed by atoms with Crippen molar-refractivity contribution in [2.24, 2.45) is 0 Å². The Morgan fingerprint density at radius 3 is 2.33 bits per heavy atom. The molecule has 144 valence electrons. The zero-order chi connectivity index (χ0) is 20.0. The fourth-order valence-electron chi connectivity index (χ4n) is 2.48. The largest absolute Gasteiger partial charge is 0.467 e. The van der Waals surface area contributed by atoms with E-state index in [9.17, 15) is 22.8 Å². The van der Waals surface area contributed by atoms with Gasteiger partial charge in [0.15, 0.2) is 0 Å². The first-order valence-corrected chi connectivity index (χ1v) is 9.04. The second kappa shape index (κ2) is 9.20. The number of ether oxygens (including phenoxy) is 1. The van der Waals surface area contributed by atoms with Crippen LogP contribution in [0.3, 0.4) is 0 Å². The Balaban J connectivity index is 2.04. The van der Waals surface area contributed by atoms with E-state index >= 15 is 0 Å². The molecule has 2 aromatic rings. The molecule has 4 nitrogen and oxygen atoms in total. The van der Waals surface area contributed by atoms with E-state index in [4.69, 9.17) is 4.74 Å². The summed E-state index contributed by atoms with van der Waals surface area (Å²) in [5.41, 5.74) is 0.489. The van der Waals surface area contributed by atoms with Gasteiger partial charge in [0.25, 0.3) is 0 Å². The monoisotopic (exact) mass is 491 g/mol. The van der Waals surface area contributed by atoms with Gasteiger partial charge in [0.1, 0.15) is 6.04 Å². The van der Waals surface area contributed by atoms with Gasteiger partial charge in [0, 0.05) is 9.99 Å². The molecule has 0 heterocycles. The van der Waals surface area contributed by atoms with Crippen molar-refractivity contribution in [2.75, 3.05) is 7.11 Å². The molecule has 0 aliphatic carbocycles. The van der Waals surface area contributed by atoms with E-state index in [1.54, 1.807) is 0 Å². The van der Waals surface area contributed by atoms with Gasteiger partial charge in [-0.15, -0.1) is 0 Å². The van der Waals surface area contributed by atoms with Crippen molar-refractivity contribution in [1.82, 2.24) is 5.32 Å². The molecule has 2 aromatic carbocycles. The summed E-state index contributed by atoms with van der Waals surface area (Å²) in [5, 5.41) is 2.59. The predicted molar refractivity (Wildman–Crippen MR) is 102 cm³/mol. The average molecular weight is 491 g/mol. The van der Waals surface area contributed by atoms with Gasteiger partial charge in [0.05, 0.1) is 19.1 Å². The van der Waals surface area contributed by atoms with Crippen molar-refractivity contribution in [2.45, 2.75) is 25.1 Å². The first-order valence-electron chi connectivity index (χ1n) is 7.97. The van der Waals surface area contributed by atoms with E-state index in [0.29, 0.717) is 5.56 Å². The maximum atomic E-state index is 12.6. The lowest BCUT2D eigenvalue weighted by Gasteiger charge is -2.17. The molecule has 0 saturated heterocycles. The minimum Gasteiger partial charge on any atom is -0.467 e. The van der Waals surface area contributed by atoms with Crippen LogP contribution in [0.5, 0.6) is 0 Å². The molecule has 0 radical (unpaired) electrons. The highest BCUT2D eigenvalue weighted by molar-refractivity contribution is 14.1. The Hall–Kier alpha value is -2.10. The standard InChI is InChI=1S/C19H17F3INO3/c1-27-18(26)16(10-13-3-2-4-15(23)9-13)24-17(25)11-12-5-7-14(8-6-12)19(20,21)22/h2-9,16H,10-11H2,1H3,(H,24,25)/t16-/m0/s1. The van der Waals surface area contributed by atoms with E-state index < -0.39 is 29.7 Å². The van der Waals surface area contributed by atoms with Crippen LogP contribution in [0.25, 0.3) is 0 Å². The van der Waals surface area contributed by atoms with Crippen LogP contribution in [-0.4, -0.2) is 25.0 Å². The van der Waals surface area contributed by atoms with E-state index in [1.807, 2.05) is 24.3 Å². The summed E-state index contributed by atoms with van der Waals surface area (Å²) in [6.07, 6.45) is -4.32. The maximum Gasteiger partial charge on any atom is 0.416 e. The van der Waals surface area contributed by atoms with Crippen molar-refractivity contribution in [3.8, 4) is 0 Å². The molecular weight excluding hydrogens is 474 g/mol. The number of nitrogens with one attached hydrogen (secondary N) is 1. The third-order valence-electron chi connectivity index (χ3n) is 3.80. The molecule has 2 rings (SSSR count). The number of alkyl halides is 3. The van der Waals surface area contributed by atoms with Gasteiger partial charge in [-0.3, -0.25) is 4.79 Å². The van der Waals surface area contributed by atoms with Gasteiger partial charge in [-0.2, -0.15) is 13.2 Å². The summed E-state index contributed by atoms with van der Waals surface area (Å²) < 4.78 is 43.5. The lowest BCUT2D eigenvalue weighted by molar-refractivity contribution is -0.145. The molecule has 0 unspecified atom stereocenters. The molecule has 0 aliphatic heterocycles. The highest BCUT2D eigenvalue weighted by Crippen LogP contribution is 2.29. The van der Waals surface area contributed by atoms with E-state index in [1.165, 1.54) is 19.2 Å². The molecule has 0 saturated carbocycles. The smallest absolute Gasteiger partial charge is 0.416 e. The number of hydrogen-bond donors (Lipinski definition) is 1. The van der Waals surface area contributed by atoms with Crippen molar-refractivity contribution in [1.29, 1.82) is 0 Å². The van der Waals surface area contributed by atoms with E-state index in [2.05, 4.69) is 27.9 Å². The number of methoxy groups -OCH3 is 1. The fraction of sp³-hybridized carbons (Fsp3) is 0.263. The summed E-state index contributed by atoms with van der Waals surface area (Å²) in [5.74, 6) is -1.06. The summed E-state index contributed by atoms with van der Waals surface area (Å²) in [6, 6.07) is 10.9. The van der Waals surface area contributed by atoms with Gasteiger partial charge >= 0.3 is 12.1 Å². The zero-order valence-electron chi connectivity index (χ0n) is 14.3. The molecule has 8 heteroatoms. The van der Waals surface area contributed by atoms with Crippen molar-refractivity contribution in [3.05, 3.63) is 68.8 Å².